The largest absolute Gasteiger partial charge is 0.375 e. The van der Waals surface area contributed by atoms with Crippen molar-refractivity contribution < 1.29 is 9.53 Å². The van der Waals surface area contributed by atoms with Crippen molar-refractivity contribution in [1.29, 1.82) is 0 Å². The SMILES string of the molecule is CO[C@H]1C=CC2C1N(C)C(=O)N2c1ccccc1. The lowest BCUT2D eigenvalue weighted by atomic mass is 10.1. The minimum atomic E-state index is -0.0161. The van der Waals surface area contributed by atoms with Crippen molar-refractivity contribution >= 4 is 11.7 Å². The number of urea groups is 1. The monoisotopic (exact) mass is 244 g/mol. The van der Waals surface area contributed by atoms with Crippen LogP contribution in [0.5, 0.6) is 0 Å². The van der Waals surface area contributed by atoms with Gasteiger partial charge in [0, 0.05) is 19.8 Å². The Morgan fingerprint density at radius 3 is 2.56 bits per heavy atom. The predicted octanol–water partition coefficient (Wildman–Crippen LogP) is 1.88. The molecular weight excluding hydrogens is 228 g/mol. The quantitative estimate of drug-likeness (QED) is 0.744. The zero-order valence-corrected chi connectivity index (χ0v) is 10.5. The molecule has 1 saturated heterocycles. The maximum absolute atomic E-state index is 12.3. The first-order valence-corrected chi connectivity index (χ1v) is 6.06. The summed E-state index contributed by atoms with van der Waals surface area (Å²) in [5.41, 5.74) is 0.934. The van der Waals surface area contributed by atoms with Crippen molar-refractivity contribution in [3.8, 4) is 0 Å². The lowest BCUT2D eigenvalue weighted by Crippen LogP contribution is -2.40. The highest BCUT2D eigenvalue weighted by molar-refractivity contribution is 5.96. The number of amides is 2. The molecule has 0 N–H and O–H groups in total. The molecule has 1 aromatic carbocycles. The summed E-state index contributed by atoms with van der Waals surface area (Å²) >= 11 is 0. The lowest BCUT2D eigenvalue weighted by molar-refractivity contribution is 0.0859. The molecule has 1 fully saturated rings. The second-order valence-corrected chi connectivity index (χ2v) is 4.67. The van der Waals surface area contributed by atoms with E-state index < -0.39 is 0 Å². The molecule has 0 saturated carbocycles. The van der Waals surface area contributed by atoms with E-state index >= 15 is 0 Å². The minimum absolute atomic E-state index is 0.0161. The summed E-state index contributed by atoms with van der Waals surface area (Å²) in [6, 6.07) is 9.93. The van der Waals surface area contributed by atoms with Crippen molar-refractivity contribution in [2.75, 3.05) is 19.1 Å². The van der Waals surface area contributed by atoms with Gasteiger partial charge in [-0.15, -0.1) is 0 Å². The maximum atomic E-state index is 12.3. The number of hydrogen-bond donors (Lipinski definition) is 0. The second-order valence-electron chi connectivity index (χ2n) is 4.67. The van der Waals surface area contributed by atoms with Crippen LogP contribution in [0.2, 0.25) is 0 Å². The van der Waals surface area contributed by atoms with Crippen LogP contribution < -0.4 is 4.90 Å². The zero-order chi connectivity index (χ0) is 12.7. The fourth-order valence-electron chi connectivity index (χ4n) is 2.85. The Balaban J connectivity index is 1.98. The summed E-state index contributed by atoms with van der Waals surface area (Å²) in [5.74, 6) is 0. The number of ether oxygens (including phenoxy) is 1. The summed E-state index contributed by atoms with van der Waals surface area (Å²) in [7, 11) is 3.52. The van der Waals surface area contributed by atoms with E-state index in [4.69, 9.17) is 4.74 Å². The zero-order valence-electron chi connectivity index (χ0n) is 10.5. The van der Waals surface area contributed by atoms with Crippen LogP contribution in [0.3, 0.4) is 0 Å². The normalized spacial score (nSPS) is 30.1. The van der Waals surface area contributed by atoms with Gasteiger partial charge >= 0.3 is 6.03 Å². The fourth-order valence-corrected chi connectivity index (χ4v) is 2.85. The summed E-state index contributed by atoms with van der Waals surface area (Å²) in [4.78, 5) is 15.9. The molecule has 3 rings (SSSR count). The number of rotatable bonds is 2. The van der Waals surface area contributed by atoms with Crippen LogP contribution in [0.25, 0.3) is 0 Å². The molecule has 0 spiro atoms. The highest BCUT2D eigenvalue weighted by atomic mass is 16.5. The van der Waals surface area contributed by atoms with E-state index in [2.05, 4.69) is 6.08 Å². The fraction of sp³-hybridized carbons (Fsp3) is 0.357. The Kier molecular flexibility index (Phi) is 2.59. The summed E-state index contributed by atoms with van der Waals surface area (Å²) in [5, 5.41) is 0. The van der Waals surface area contributed by atoms with E-state index in [1.54, 1.807) is 12.0 Å². The van der Waals surface area contributed by atoms with Crippen LogP contribution in [-0.4, -0.2) is 43.3 Å². The summed E-state index contributed by atoms with van der Waals surface area (Å²) in [6.45, 7) is 0. The highest BCUT2D eigenvalue weighted by Gasteiger charge is 2.49. The number of carbonyl (C=O) groups is 1. The van der Waals surface area contributed by atoms with Gasteiger partial charge in [-0.1, -0.05) is 30.4 Å². The Labute approximate surface area is 106 Å². The van der Waals surface area contributed by atoms with E-state index in [-0.39, 0.29) is 24.2 Å². The number of para-hydroxylation sites is 1. The third-order valence-electron chi connectivity index (χ3n) is 3.74. The van der Waals surface area contributed by atoms with Crippen molar-refractivity contribution in [3.63, 3.8) is 0 Å². The molecular formula is C14H16N2O2. The Hall–Kier alpha value is -1.81. The standard InChI is InChI=1S/C14H16N2O2/c1-15-13-11(8-9-12(13)18-2)16(14(15)17)10-6-4-3-5-7-10/h3-9,11-13H,1-2H3/t11?,12-,13?/m0/s1. The number of hydrogen-bond acceptors (Lipinski definition) is 2. The van der Waals surface area contributed by atoms with Crippen molar-refractivity contribution in [1.82, 2.24) is 4.90 Å². The molecule has 2 aliphatic rings. The van der Waals surface area contributed by atoms with Crippen molar-refractivity contribution in [3.05, 3.63) is 42.5 Å². The van der Waals surface area contributed by atoms with E-state index in [0.717, 1.165) is 5.69 Å². The molecule has 1 aromatic rings. The number of likely N-dealkylation sites (N-methyl/N-ethyl adjacent to an activating group) is 1. The smallest absolute Gasteiger partial charge is 0.325 e. The number of benzene rings is 1. The van der Waals surface area contributed by atoms with Crippen LogP contribution in [0.15, 0.2) is 42.5 Å². The third kappa shape index (κ3) is 1.46. The van der Waals surface area contributed by atoms with Gasteiger partial charge in [-0.2, -0.15) is 0 Å². The summed E-state index contributed by atoms with van der Waals surface area (Å²) < 4.78 is 5.42. The van der Waals surface area contributed by atoms with Crippen LogP contribution in [0.4, 0.5) is 10.5 Å². The van der Waals surface area contributed by atoms with Gasteiger partial charge < -0.3 is 9.64 Å². The molecule has 4 heteroatoms. The van der Waals surface area contributed by atoms with E-state index in [1.807, 2.05) is 48.4 Å². The first-order valence-electron chi connectivity index (χ1n) is 6.06. The Bertz CT molecular complexity index is 486. The second kappa shape index (κ2) is 4.14. The van der Waals surface area contributed by atoms with Gasteiger partial charge in [0.2, 0.25) is 0 Å². The molecule has 94 valence electrons. The highest BCUT2D eigenvalue weighted by Crippen LogP contribution is 2.34. The molecule has 1 aliphatic heterocycles. The molecule has 2 amide bonds. The number of nitrogens with zero attached hydrogens (tertiary/aromatic N) is 2. The topological polar surface area (TPSA) is 32.8 Å². The van der Waals surface area contributed by atoms with Gasteiger partial charge in [-0.25, -0.2) is 4.79 Å². The molecule has 1 aliphatic carbocycles. The molecule has 18 heavy (non-hydrogen) atoms. The first kappa shape index (κ1) is 11.3. The Morgan fingerprint density at radius 1 is 1.17 bits per heavy atom. The van der Waals surface area contributed by atoms with Crippen molar-refractivity contribution in [2.45, 2.75) is 18.2 Å². The molecule has 2 unspecified atom stereocenters. The summed E-state index contributed by atoms with van der Waals surface area (Å²) in [6.07, 6.45) is 4.08. The van der Waals surface area contributed by atoms with Gasteiger partial charge in [-0.3, -0.25) is 4.90 Å². The number of anilines is 1. The van der Waals surface area contributed by atoms with E-state index in [0.29, 0.717) is 0 Å². The minimum Gasteiger partial charge on any atom is -0.375 e. The third-order valence-corrected chi connectivity index (χ3v) is 3.74. The van der Waals surface area contributed by atoms with Crippen LogP contribution >= 0.6 is 0 Å². The molecule has 0 bridgehead atoms. The van der Waals surface area contributed by atoms with E-state index in [1.165, 1.54) is 0 Å². The molecule has 4 nitrogen and oxygen atoms in total. The molecule has 0 aromatic heterocycles. The van der Waals surface area contributed by atoms with Crippen LogP contribution in [0, 0.1) is 0 Å². The lowest BCUT2D eigenvalue weighted by Gasteiger charge is -2.23. The van der Waals surface area contributed by atoms with Gasteiger partial charge in [0.1, 0.15) is 0 Å². The van der Waals surface area contributed by atoms with E-state index in [9.17, 15) is 4.79 Å². The number of fused-ring (bicyclic) bond motifs is 1. The van der Waals surface area contributed by atoms with Crippen LogP contribution in [-0.2, 0) is 4.74 Å². The first-order chi connectivity index (χ1) is 8.74. The van der Waals surface area contributed by atoms with Crippen LogP contribution in [0.1, 0.15) is 0 Å². The molecule has 3 atom stereocenters. The van der Waals surface area contributed by atoms with Gasteiger partial charge in [-0.05, 0) is 12.1 Å². The number of methoxy groups -OCH3 is 1. The van der Waals surface area contributed by atoms with Gasteiger partial charge in [0.25, 0.3) is 0 Å². The molecule has 0 radical (unpaired) electrons. The average molecular weight is 244 g/mol. The van der Waals surface area contributed by atoms with Crippen molar-refractivity contribution in [2.24, 2.45) is 0 Å². The Morgan fingerprint density at radius 2 is 1.89 bits per heavy atom. The molecule has 1 heterocycles. The number of carbonyl (C=O) groups excluding carboxylic acids is 1. The van der Waals surface area contributed by atoms with Gasteiger partial charge in [0.15, 0.2) is 0 Å². The maximum Gasteiger partial charge on any atom is 0.325 e. The predicted molar refractivity (Wildman–Crippen MR) is 69.6 cm³/mol. The van der Waals surface area contributed by atoms with Gasteiger partial charge in [0.05, 0.1) is 18.2 Å². The average Bonchev–Trinajstić information content (AvgIpc) is 2.92.